The maximum atomic E-state index is 6.65. The van der Waals surface area contributed by atoms with Gasteiger partial charge in [0.05, 0.1) is 11.4 Å². The van der Waals surface area contributed by atoms with Gasteiger partial charge in [-0.25, -0.2) is 0 Å². The highest BCUT2D eigenvalue weighted by atomic mass is 16.3. The van der Waals surface area contributed by atoms with E-state index >= 15 is 0 Å². The highest BCUT2D eigenvalue weighted by molar-refractivity contribution is 6.11. The molecule has 0 atom stereocenters. The van der Waals surface area contributed by atoms with Crippen molar-refractivity contribution in [1.82, 2.24) is 0 Å². The van der Waals surface area contributed by atoms with Crippen molar-refractivity contribution in [2.75, 3.05) is 4.90 Å². The van der Waals surface area contributed by atoms with Crippen LogP contribution in [0.15, 0.2) is 209 Å². The highest BCUT2D eigenvalue weighted by Gasteiger charge is 2.22. The molecule has 0 bridgehead atoms. The molecule has 2 heterocycles. The van der Waals surface area contributed by atoms with Gasteiger partial charge in [-0.1, -0.05) is 146 Å². The number of benzene rings is 9. The summed E-state index contributed by atoms with van der Waals surface area (Å²) < 4.78 is 13.0. The zero-order valence-corrected chi connectivity index (χ0v) is 29.8. The number of para-hydroxylation sites is 4. The highest BCUT2D eigenvalue weighted by Crippen LogP contribution is 2.46. The van der Waals surface area contributed by atoms with E-state index in [0.717, 1.165) is 77.6 Å². The summed E-state index contributed by atoms with van der Waals surface area (Å²) in [4.78, 5) is 2.33. The van der Waals surface area contributed by atoms with Crippen LogP contribution in [0, 0.1) is 0 Å². The topological polar surface area (TPSA) is 29.5 Å². The molecule has 11 aromatic rings. The molecule has 0 amide bonds. The Bertz CT molecular complexity index is 3200. The van der Waals surface area contributed by atoms with E-state index in [0.29, 0.717) is 0 Å². The Morgan fingerprint density at radius 1 is 0.309 bits per heavy atom. The van der Waals surface area contributed by atoms with Crippen molar-refractivity contribution in [2.45, 2.75) is 0 Å². The Morgan fingerprint density at radius 3 is 1.65 bits per heavy atom. The molecule has 0 saturated heterocycles. The Hall–Kier alpha value is -7.36. The van der Waals surface area contributed by atoms with Gasteiger partial charge in [0.1, 0.15) is 16.7 Å². The number of hydrogen-bond acceptors (Lipinski definition) is 3. The van der Waals surface area contributed by atoms with Crippen LogP contribution in [0.2, 0.25) is 0 Å². The van der Waals surface area contributed by atoms with E-state index < -0.39 is 0 Å². The van der Waals surface area contributed by atoms with E-state index in [1.54, 1.807) is 0 Å². The number of rotatable bonds is 6. The lowest BCUT2D eigenvalue weighted by Crippen LogP contribution is -2.11. The third-order valence-corrected chi connectivity index (χ3v) is 10.9. The summed E-state index contributed by atoms with van der Waals surface area (Å²) in [6, 6.07) is 71.0. The first-order chi connectivity index (χ1) is 27.2. The molecule has 3 heteroatoms. The van der Waals surface area contributed by atoms with Crippen LogP contribution in [0.5, 0.6) is 0 Å². The molecule has 0 aliphatic carbocycles. The molecule has 258 valence electrons. The van der Waals surface area contributed by atoms with Crippen molar-refractivity contribution < 1.29 is 8.83 Å². The number of anilines is 3. The van der Waals surface area contributed by atoms with Crippen LogP contribution in [0.3, 0.4) is 0 Å². The van der Waals surface area contributed by atoms with Gasteiger partial charge < -0.3 is 13.7 Å². The summed E-state index contributed by atoms with van der Waals surface area (Å²) in [7, 11) is 0. The molecule has 0 spiro atoms. The Balaban J connectivity index is 1.03. The fraction of sp³-hybridized carbons (Fsp3) is 0. The second-order valence-electron chi connectivity index (χ2n) is 14.1. The number of furan rings is 2. The molecule has 0 N–H and O–H groups in total. The molecule has 3 nitrogen and oxygen atoms in total. The van der Waals surface area contributed by atoms with Crippen LogP contribution < -0.4 is 4.90 Å². The number of hydrogen-bond donors (Lipinski definition) is 0. The molecule has 55 heavy (non-hydrogen) atoms. The largest absolute Gasteiger partial charge is 0.456 e. The second-order valence-corrected chi connectivity index (χ2v) is 14.1. The van der Waals surface area contributed by atoms with Crippen molar-refractivity contribution in [3.05, 3.63) is 200 Å². The van der Waals surface area contributed by atoms with Crippen molar-refractivity contribution in [1.29, 1.82) is 0 Å². The summed E-state index contributed by atoms with van der Waals surface area (Å²) in [5.74, 6) is 0. The average molecular weight is 704 g/mol. The molecule has 9 aromatic carbocycles. The van der Waals surface area contributed by atoms with E-state index in [-0.39, 0.29) is 0 Å². The van der Waals surface area contributed by atoms with E-state index in [2.05, 4.69) is 181 Å². The number of nitrogens with zero attached hydrogens (tertiary/aromatic N) is 1. The predicted molar refractivity (Wildman–Crippen MR) is 229 cm³/mol. The Labute approximate surface area is 317 Å². The summed E-state index contributed by atoms with van der Waals surface area (Å²) in [6.07, 6.45) is 0. The van der Waals surface area contributed by atoms with Gasteiger partial charge in [0, 0.05) is 32.8 Å². The summed E-state index contributed by atoms with van der Waals surface area (Å²) in [6.45, 7) is 0. The molecule has 0 aliphatic heterocycles. The minimum absolute atomic E-state index is 0.847. The minimum Gasteiger partial charge on any atom is -0.456 e. The van der Waals surface area contributed by atoms with Gasteiger partial charge in [-0.3, -0.25) is 0 Å². The van der Waals surface area contributed by atoms with Crippen molar-refractivity contribution >= 4 is 71.7 Å². The fourth-order valence-electron chi connectivity index (χ4n) is 8.15. The van der Waals surface area contributed by atoms with Gasteiger partial charge in [0.15, 0.2) is 5.58 Å². The molecule has 0 fully saturated rings. The zero-order valence-electron chi connectivity index (χ0n) is 29.8. The quantitative estimate of drug-likeness (QED) is 0.173. The second kappa shape index (κ2) is 12.6. The Kier molecular flexibility index (Phi) is 7.17. The maximum Gasteiger partial charge on any atom is 0.159 e. The van der Waals surface area contributed by atoms with Crippen molar-refractivity contribution in [2.24, 2.45) is 0 Å². The first-order valence-corrected chi connectivity index (χ1v) is 18.7. The van der Waals surface area contributed by atoms with Crippen LogP contribution in [-0.4, -0.2) is 0 Å². The molecule has 0 aliphatic rings. The molecule has 2 aromatic heterocycles. The lowest BCUT2D eigenvalue weighted by molar-refractivity contribution is 0.668. The van der Waals surface area contributed by atoms with Gasteiger partial charge >= 0.3 is 0 Å². The minimum atomic E-state index is 0.847. The third-order valence-electron chi connectivity index (χ3n) is 10.9. The van der Waals surface area contributed by atoms with E-state index in [9.17, 15) is 0 Å². The molecule has 11 rings (SSSR count). The predicted octanol–water partition coefficient (Wildman–Crippen LogP) is 15.1. The van der Waals surface area contributed by atoms with Gasteiger partial charge in [-0.15, -0.1) is 0 Å². The monoisotopic (exact) mass is 703 g/mol. The SMILES string of the molecule is c1ccc(N(c2ccc(-c3ccc(-c4ccc5ccccc5c4)cc3)cc2)c2cccc3c2oc2ccccc23)c(-c2ccc3c(c2)oc2ccccc23)c1. The first kappa shape index (κ1) is 31.2. The van der Waals surface area contributed by atoms with Crippen LogP contribution in [-0.2, 0) is 0 Å². The maximum absolute atomic E-state index is 6.65. The summed E-state index contributed by atoms with van der Waals surface area (Å²) in [5, 5.41) is 6.93. The normalized spacial score (nSPS) is 11.6. The molecule has 0 unspecified atom stereocenters. The smallest absolute Gasteiger partial charge is 0.159 e. The van der Waals surface area contributed by atoms with Gasteiger partial charge in [0.2, 0.25) is 0 Å². The zero-order chi connectivity index (χ0) is 36.3. The Morgan fingerprint density at radius 2 is 0.855 bits per heavy atom. The van der Waals surface area contributed by atoms with E-state index in [4.69, 9.17) is 8.83 Å². The van der Waals surface area contributed by atoms with E-state index in [1.165, 1.54) is 27.5 Å². The summed E-state index contributed by atoms with van der Waals surface area (Å²) >= 11 is 0. The van der Waals surface area contributed by atoms with Gasteiger partial charge in [-0.05, 0) is 93.2 Å². The summed E-state index contributed by atoms with van der Waals surface area (Å²) in [5.41, 5.74) is 13.4. The molecule has 0 radical (unpaired) electrons. The van der Waals surface area contributed by atoms with Crippen molar-refractivity contribution in [3.63, 3.8) is 0 Å². The van der Waals surface area contributed by atoms with Gasteiger partial charge in [0.25, 0.3) is 0 Å². The lowest BCUT2D eigenvalue weighted by Gasteiger charge is -2.28. The van der Waals surface area contributed by atoms with Crippen LogP contribution in [0.25, 0.3) is 88.0 Å². The number of fused-ring (bicyclic) bond motifs is 7. The lowest BCUT2D eigenvalue weighted by atomic mass is 9.98. The van der Waals surface area contributed by atoms with Crippen LogP contribution >= 0.6 is 0 Å². The molecular formula is C52H33NO2. The molecule has 0 saturated carbocycles. The third kappa shape index (κ3) is 5.28. The van der Waals surface area contributed by atoms with Crippen molar-refractivity contribution in [3.8, 4) is 33.4 Å². The molecular weight excluding hydrogens is 671 g/mol. The standard InChI is InChI=1S/C52H33NO2/c1-2-11-38-32-39(25-24-34(38)10-1)37-22-20-35(21-23-37)36-26-29-41(30-27-36)53(48-17-9-15-46-44-14-5-8-19-50(44)55-52(46)48)47-16-6-3-12-42(47)40-28-31-45-43-13-4-7-18-49(43)54-51(45)33-40/h1-33H. The first-order valence-electron chi connectivity index (χ1n) is 18.7. The fourth-order valence-corrected chi connectivity index (χ4v) is 8.15. The van der Waals surface area contributed by atoms with Gasteiger partial charge in [-0.2, -0.15) is 0 Å². The average Bonchev–Trinajstić information content (AvgIpc) is 3.83. The van der Waals surface area contributed by atoms with Crippen LogP contribution in [0.4, 0.5) is 17.1 Å². The van der Waals surface area contributed by atoms with Crippen LogP contribution in [0.1, 0.15) is 0 Å². The van der Waals surface area contributed by atoms with E-state index in [1.807, 2.05) is 24.3 Å².